The van der Waals surface area contributed by atoms with Crippen LogP contribution in [0.3, 0.4) is 0 Å². The quantitative estimate of drug-likeness (QED) is 0.123. The molecule has 0 aliphatic carbocycles. The van der Waals surface area contributed by atoms with Gasteiger partial charge in [0.15, 0.2) is 0 Å². The third-order valence-corrected chi connectivity index (χ3v) is 4.90. The van der Waals surface area contributed by atoms with E-state index in [-0.39, 0.29) is 40.9 Å². The van der Waals surface area contributed by atoms with Crippen LogP contribution in [0.25, 0.3) is 0 Å². The molecule has 1 amide bonds. The van der Waals surface area contributed by atoms with Crippen LogP contribution in [0.2, 0.25) is 0 Å². The summed E-state index contributed by atoms with van der Waals surface area (Å²) in [5.41, 5.74) is -2.58. The van der Waals surface area contributed by atoms with Crippen molar-refractivity contribution in [3.8, 4) is 0 Å². The summed E-state index contributed by atoms with van der Waals surface area (Å²) >= 11 is 0. The number of carbonyl (C=O) groups is 1. The van der Waals surface area contributed by atoms with Gasteiger partial charge in [0, 0.05) is 12.1 Å². The van der Waals surface area contributed by atoms with E-state index in [2.05, 4.69) is 15.6 Å². The van der Waals surface area contributed by atoms with Crippen LogP contribution in [0, 0.1) is 0 Å². The molecule has 14 nitrogen and oxygen atoms in total. The zero-order valence-corrected chi connectivity index (χ0v) is 19.4. The Morgan fingerprint density at radius 2 is 1.66 bits per heavy atom. The Kier molecular flexibility index (Phi) is 10.2. The Labute approximate surface area is 202 Å². The molecule has 0 bridgehead atoms. The van der Waals surface area contributed by atoms with Gasteiger partial charge in [-0.3, -0.25) is 19.6 Å². The van der Waals surface area contributed by atoms with Gasteiger partial charge < -0.3 is 35.6 Å². The molecule has 2 aromatic rings. The van der Waals surface area contributed by atoms with Crippen molar-refractivity contribution in [1.82, 2.24) is 9.97 Å². The zero-order valence-electron chi connectivity index (χ0n) is 16.6. The molecule has 2 rings (SSSR count). The predicted octanol–water partition coefficient (Wildman–Crippen LogP) is -6.29. The van der Waals surface area contributed by atoms with Crippen LogP contribution in [-0.2, 0) is 10.1 Å². The molecule has 0 saturated heterocycles. The van der Waals surface area contributed by atoms with Crippen molar-refractivity contribution in [2.24, 2.45) is 0 Å². The SMILES string of the molecule is O=C(Nc1c(NC[C@H](O)[C@H](O)[C@H](O)CO)[nH]c(=O)[nH]c1=O)c1ccc(S(=O)(=O)[O-])cc1.[Na+]. The average molecular weight is 482 g/mol. The van der Waals surface area contributed by atoms with E-state index in [0.29, 0.717) is 0 Å². The van der Waals surface area contributed by atoms with E-state index in [1.54, 1.807) is 0 Å². The summed E-state index contributed by atoms with van der Waals surface area (Å²) in [7, 11) is -4.72. The van der Waals surface area contributed by atoms with Crippen molar-refractivity contribution in [1.29, 1.82) is 0 Å². The number of carbonyl (C=O) groups excluding carboxylic acids is 1. The van der Waals surface area contributed by atoms with Gasteiger partial charge in [-0.1, -0.05) is 0 Å². The van der Waals surface area contributed by atoms with E-state index in [4.69, 9.17) is 5.11 Å². The van der Waals surface area contributed by atoms with Crippen molar-refractivity contribution in [3.05, 3.63) is 50.7 Å². The fourth-order valence-corrected chi connectivity index (χ4v) is 2.86. The van der Waals surface area contributed by atoms with Gasteiger partial charge in [0.1, 0.15) is 33.8 Å². The van der Waals surface area contributed by atoms with Gasteiger partial charge in [-0.15, -0.1) is 0 Å². The fourth-order valence-electron chi connectivity index (χ4n) is 2.39. The van der Waals surface area contributed by atoms with Crippen molar-refractivity contribution < 1.29 is 67.7 Å². The summed E-state index contributed by atoms with van der Waals surface area (Å²) in [6.07, 6.45) is -5.02. The number of anilines is 2. The van der Waals surface area contributed by atoms with Crippen LogP contribution in [0.5, 0.6) is 0 Å². The molecular weight excluding hydrogens is 463 g/mol. The Bertz CT molecular complexity index is 1150. The molecule has 32 heavy (non-hydrogen) atoms. The standard InChI is InChI=1S/C16H20N4O10S.Na/c21-6-10(23)12(24)9(22)5-17-13-11(15(26)20-16(27)19-13)18-14(25)7-1-3-8(4-2-7)31(28,29)30;/h1-4,9-10,12,21-24H,5-6H2,(H,18,25)(H,28,29,30)(H3,17,19,20,26,27);/q;+1/p-1/t9-,10+,12-;/m0./s1. The second kappa shape index (κ2) is 11.7. The first-order valence-corrected chi connectivity index (χ1v) is 9.97. The molecule has 8 N–H and O–H groups in total. The van der Waals surface area contributed by atoms with Crippen molar-refractivity contribution in [2.75, 3.05) is 23.8 Å². The molecule has 0 unspecified atom stereocenters. The molecule has 1 aromatic carbocycles. The molecular formula is C16H19N4NaO10S. The topological polar surface area (TPSA) is 245 Å². The Morgan fingerprint density at radius 1 is 1.06 bits per heavy atom. The van der Waals surface area contributed by atoms with Gasteiger partial charge in [-0.05, 0) is 24.3 Å². The molecule has 0 fully saturated rings. The first-order chi connectivity index (χ1) is 14.4. The van der Waals surface area contributed by atoms with Crippen molar-refractivity contribution >= 4 is 27.5 Å². The third kappa shape index (κ3) is 7.22. The van der Waals surface area contributed by atoms with Crippen LogP contribution in [0.15, 0.2) is 38.8 Å². The van der Waals surface area contributed by atoms with E-state index in [1.165, 1.54) is 0 Å². The summed E-state index contributed by atoms with van der Waals surface area (Å²) in [5.74, 6) is -1.24. The summed E-state index contributed by atoms with van der Waals surface area (Å²) in [6.45, 7) is -1.33. The van der Waals surface area contributed by atoms with Gasteiger partial charge in [0.05, 0.1) is 17.6 Å². The molecule has 0 aliphatic heterocycles. The van der Waals surface area contributed by atoms with Crippen molar-refractivity contribution in [3.63, 3.8) is 0 Å². The number of aliphatic hydroxyl groups excluding tert-OH is 4. The smallest absolute Gasteiger partial charge is 0.744 e. The number of hydrogen-bond donors (Lipinski definition) is 8. The number of amides is 1. The third-order valence-electron chi connectivity index (χ3n) is 4.05. The normalized spacial score (nSPS) is 14.0. The summed E-state index contributed by atoms with van der Waals surface area (Å²) < 4.78 is 32.9. The number of aromatic nitrogens is 2. The first kappa shape index (κ1) is 28.0. The number of aromatic amines is 2. The van der Waals surface area contributed by atoms with E-state index in [9.17, 15) is 42.7 Å². The molecule has 0 radical (unpaired) electrons. The van der Waals surface area contributed by atoms with Crippen LogP contribution in [-0.4, -0.2) is 80.7 Å². The Morgan fingerprint density at radius 3 is 2.19 bits per heavy atom. The zero-order chi connectivity index (χ0) is 23.3. The Balaban J connectivity index is 0.00000512. The maximum absolute atomic E-state index is 12.4. The van der Waals surface area contributed by atoms with E-state index in [1.807, 2.05) is 4.98 Å². The minimum absolute atomic E-state index is 0. The number of hydrogen-bond acceptors (Lipinski definition) is 11. The van der Waals surface area contributed by atoms with Gasteiger partial charge in [-0.25, -0.2) is 13.2 Å². The summed E-state index contributed by atoms with van der Waals surface area (Å²) in [5, 5.41) is 42.2. The molecule has 0 spiro atoms. The molecule has 0 saturated carbocycles. The second-order valence-electron chi connectivity index (χ2n) is 6.28. The maximum atomic E-state index is 12.4. The number of benzene rings is 1. The molecule has 0 aliphatic rings. The van der Waals surface area contributed by atoms with E-state index >= 15 is 0 Å². The number of H-pyrrole nitrogens is 2. The number of rotatable bonds is 9. The molecule has 3 atom stereocenters. The molecule has 1 heterocycles. The van der Waals surface area contributed by atoms with Crippen LogP contribution in [0.4, 0.5) is 11.5 Å². The van der Waals surface area contributed by atoms with Crippen molar-refractivity contribution in [2.45, 2.75) is 23.2 Å². The molecule has 170 valence electrons. The van der Waals surface area contributed by atoms with E-state index in [0.717, 1.165) is 24.3 Å². The molecule has 1 aromatic heterocycles. The van der Waals surface area contributed by atoms with Gasteiger partial charge in [0.2, 0.25) is 0 Å². The largest absolute Gasteiger partial charge is 1.00 e. The maximum Gasteiger partial charge on any atom is 1.00 e. The Hall–Kier alpha value is -2.08. The summed E-state index contributed by atoms with van der Waals surface area (Å²) in [4.78, 5) is 39.5. The molecule has 16 heteroatoms. The van der Waals surface area contributed by atoms with E-state index < -0.39 is 69.3 Å². The minimum Gasteiger partial charge on any atom is -0.744 e. The predicted molar refractivity (Wildman–Crippen MR) is 104 cm³/mol. The summed E-state index contributed by atoms with van der Waals surface area (Å²) in [6, 6.07) is 3.86. The average Bonchev–Trinajstić information content (AvgIpc) is 2.72. The van der Waals surface area contributed by atoms with Gasteiger partial charge in [0.25, 0.3) is 11.5 Å². The first-order valence-electron chi connectivity index (χ1n) is 8.57. The van der Waals surface area contributed by atoms with Crippen LogP contribution >= 0.6 is 0 Å². The number of aliphatic hydroxyl groups is 4. The van der Waals surface area contributed by atoms with Crippen LogP contribution in [0.1, 0.15) is 10.4 Å². The van der Waals surface area contributed by atoms with Gasteiger partial charge >= 0.3 is 35.2 Å². The van der Waals surface area contributed by atoms with Crippen LogP contribution < -0.4 is 51.4 Å². The monoisotopic (exact) mass is 482 g/mol. The minimum atomic E-state index is -4.72. The fraction of sp³-hybridized carbons (Fsp3) is 0.312. The number of nitrogens with one attached hydrogen (secondary N) is 4. The second-order valence-corrected chi connectivity index (χ2v) is 7.66. The van der Waals surface area contributed by atoms with Gasteiger partial charge in [-0.2, -0.15) is 0 Å².